The summed E-state index contributed by atoms with van der Waals surface area (Å²) in [7, 11) is 0. The Labute approximate surface area is 192 Å². The topological polar surface area (TPSA) is 41.6 Å². The first-order valence-electron chi connectivity index (χ1n) is 11.0. The highest BCUT2D eigenvalue weighted by molar-refractivity contribution is 5.95. The van der Waals surface area contributed by atoms with E-state index in [2.05, 4.69) is 101 Å². The molecule has 33 heavy (non-hydrogen) atoms. The molecule has 4 aromatic carbocycles. The van der Waals surface area contributed by atoms with Gasteiger partial charge < -0.3 is 4.98 Å². The Morgan fingerprint density at radius 2 is 1.06 bits per heavy atom. The molecule has 3 heteroatoms. The zero-order valence-electron chi connectivity index (χ0n) is 17.9. The maximum absolute atomic E-state index is 5.16. The second-order valence-corrected chi connectivity index (χ2v) is 7.97. The van der Waals surface area contributed by atoms with Crippen LogP contribution in [0.2, 0.25) is 0 Å². The highest BCUT2D eigenvalue weighted by atomic mass is 14.9. The van der Waals surface area contributed by atoms with Crippen molar-refractivity contribution in [1.29, 1.82) is 0 Å². The van der Waals surface area contributed by atoms with Gasteiger partial charge in [-0.2, -0.15) is 0 Å². The van der Waals surface area contributed by atoms with E-state index >= 15 is 0 Å². The average Bonchev–Trinajstić information content (AvgIpc) is 3.39. The third-order valence-electron chi connectivity index (χ3n) is 5.96. The normalized spacial score (nSPS) is 11.0. The molecule has 6 rings (SSSR count). The van der Waals surface area contributed by atoms with Crippen molar-refractivity contribution in [2.45, 2.75) is 0 Å². The van der Waals surface area contributed by atoms with E-state index in [1.54, 1.807) is 6.33 Å². The number of hydrogen-bond donors (Lipinski definition) is 1. The SMILES string of the molecule is c1ccc(-c2cccc(-c3ccccc3)c2-c2cccc(-c3cccc4[nH]cnc34)n2)cc1. The summed E-state index contributed by atoms with van der Waals surface area (Å²) in [6.07, 6.45) is 1.73. The number of pyridine rings is 1. The van der Waals surface area contributed by atoms with Crippen molar-refractivity contribution in [2.75, 3.05) is 0 Å². The summed E-state index contributed by atoms with van der Waals surface area (Å²) >= 11 is 0. The van der Waals surface area contributed by atoms with E-state index < -0.39 is 0 Å². The van der Waals surface area contributed by atoms with E-state index in [-0.39, 0.29) is 0 Å². The number of aromatic nitrogens is 3. The van der Waals surface area contributed by atoms with Crippen molar-refractivity contribution >= 4 is 11.0 Å². The highest BCUT2D eigenvalue weighted by Crippen LogP contribution is 2.40. The van der Waals surface area contributed by atoms with Gasteiger partial charge in [-0.05, 0) is 40.5 Å². The van der Waals surface area contributed by atoms with E-state index in [4.69, 9.17) is 4.98 Å². The molecular weight excluding hydrogens is 402 g/mol. The minimum absolute atomic E-state index is 0.909. The maximum Gasteiger partial charge on any atom is 0.0976 e. The summed E-state index contributed by atoms with van der Waals surface area (Å²) in [5, 5.41) is 0. The Kier molecular flexibility index (Phi) is 4.78. The highest BCUT2D eigenvalue weighted by Gasteiger charge is 2.16. The van der Waals surface area contributed by atoms with Crippen LogP contribution in [0.3, 0.4) is 0 Å². The molecule has 0 spiro atoms. The molecule has 0 saturated heterocycles. The molecule has 0 bridgehead atoms. The number of aromatic amines is 1. The van der Waals surface area contributed by atoms with E-state index in [1.807, 2.05) is 24.3 Å². The third-order valence-corrected chi connectivity index (χ3v) is 5.96. The molecule has 156 valence electrons. The van der Waals surface area contributed by atoms with Gasteiger partial charge in [-0.15, -0.1) is 0 Å². The number of rotatable bonds is 4. The van der Waals surface area contributed by atoms with Gasteiger partial charge in [0, 0.05) is 11.1 Å². The van der Waals surface area contributed by atoms with Gasteiger partial charge in [0.2, 0.25) is 0 Å². The first kappa shape index (κ1) is 19.2. The Hall–Kier alpha value is -4.50. The van der Waals surface area contributed by atoms with Crippen LogP contribution in [-0.4, -0.2) is 15.0 Å². The maximum atomic E-state index is 5.16. The molecule has 6 aromatic rings. The molecule has 0 amide bonds. The van der Waals surface area contributed by atoms with Crippen LogP contribution in [0.15, 0.2) is 122 Å². The Morgan fingerprint density at radius 3 is 1.76 bits per heavy atom. The molecule has 3 nitrogen and oxygen atoms in total. The molecule has 0 aliphatic heterocycles. The molecule has 0 saturated carbocycles. The van der Waals surface area contributed by atoms with Gasteiger partial charge in [0.15, 0.2) is 0 Å². The van der Waals surface area contributed by atoms with Crippen LogP contribution in [0.4, 0.5) is 0 Å². The van der Waals surface area contributed by atoms with Crippen LogP contribution >= 0.6 is 0 Å². The van der Waals surface area contributed by atoms with Crippen molar-refractivity contribution < 1.29 is 0 Å². The van der Waals surface area contributed by atoms with Crippen LogP contribution in [0.25, 0.3) is 55.8 Å². The fraction of sp³-hybridized carbons (Fsp3) is 0. The zero-order valence-corrected chi connectivity index (χ0v) is 17.9. The fourth-order valence-corrected chi connectivity index (χ4v) is 4.44. The molecule has 1 N–H and O–H groups in total. The molecular formula is C30H21N3. The molecule has 0 radical (unpaired) electrons. The Morgan fingerprint density at radius 1 is 0.485 bits per heavy atom. The van der Waals surface area contributed by atoms with Crippen molar-refractivity contribution in [2.24, 2.45) is 0 Å². The predicted molar refractivity (Wildman–Crippen MR) is 136 cm³/mol. The number of benzene rings is 4. The third kappa shape index (κ3) is 3.50. The average molecular weight is 424 g/mol. The van der Waals surface area contributed by atoms with Gasteiger partial charge in [-0.25, -0.2) is 9.97 Å². The van der Waals surface area contributed by atoms with Gasteiger partial charge in [0.05, 0.1) is 28.7 Å². The summed E-state index contributed by atoms with van der Waals surface area (Å²) in [4.78, 5) is 12.9. The molecule has 0 atom stereocenters. The zero-order chi connectivity index (χ0) is 22.0. The Balaban J connectivity index is 1.61. The number of imidazole rings is 1. The van der Waals surface area contributed by atoms with Crippen LogP contribution in [-0.2, 0) is 0 Å². The largest absolute Gasteiger partial charge is 0.345 e. The molecule has 2 aromatic heterocycles. The van der Waals surface area contributed by atoms with Crippen LogP contribution in [0, 0.1) is 0 Å². The van der Waals surface area contributed by atoms with Gasteiger partial charge in [-0.1, -0.05) is 97.1 Å². The van der Waals surface area contributed by atoms with Crippen molar-refractivity contribution in [3.05, 3.63) is 122 Å². The summed E-state index contributed by atoms with van der Waals surface area (Å²) in [5.41, 5.74) is 10.6. The van der Waals surface area contributed by atoms with Crippen molar-refractivity contribution in [3.63, 3.8) is 0 Å². The minimum Gasteiger partial charge on any atom is -0.345 e. The van der Waals surface area contributed by atoms with Crippen LogP contribution < -0.4 is 0 Å². The number of H-pyrrole nitrogens is 1. The van der Waals surface area contributed by atoms with Crippen molar-refractivity contribution in [1.82, 2.24) is 15.0 Å². The molecule has 0 unspecified atom stereocenters. The van der Waals surface area contributed by atoms with Crippen LogP contribution in [0.1, 0.15) is 0 Å². The monoisotopic (exact) mass is 423 g/mol. The quantitative estimate of drug-likeness (QED) is 0.317. The lowest BCUT2D eigenvalue weighted by Gasteiger charge is -2.16. The van der Waals surface area contributed by atoms with E-state index in [0.717, 1.165) is 33.5 Å². The predicted octanol–water partition coefficient (Wildman–Crippen LogP) is 7.63. The van der Waals surface area contributed by atoms with E-state index in [9.17, 15) is 0 Å². The number of nitrogens with zero attached hydrogens (tertiary/aromatic N) is 2. The van der Waals surface area contributed by atoms with E-state index in [0.29, 0.717) is 0 Å². The summed E-state index contributed by atoms with van der Waals surface area (Å²) < 4.78 is 0. The number of fused-ring (bicyclic) bond motifs is 1. The first-order chi connectivity index (χ1) is 16.4. The Bertz CT molecular complexity index is 1490. The second-order valence-electron chi connectivity index (χ2n) is 7.97. The fourth-order valence-electron chi connectivity index (χ4n) is 4.44. The lowest BCUT2D eigenvalue weighted by molar-refractivity contribution is 1.32. The number of hydrogen-bond acceptors (Lipinski definition) is 2. The van der Waals surface area contributed by atoms with Gasteiger partial charge in [0.1, 0.15) is 0 Å². The molecule has 0 aliphatic carbocycles. The number of nitrogens with one attached hydrogen (secondary N) is 1. The summed E-state index contributed by atoms with van der Waals surface area (Å²) in [5.74, 6) is 0. The van der Waals surface area contributed by atoms with Crippen LogP contribution in [0.5, 0.6) is 0 Å². The smallest absolute Gasteiger partial charge is 0.0976 e. The van der Waals surface area contributed by atoms with Gasteiger partial charge in [0.25, 0.3) is 0 Å². The summed E-state index contributed by atoms with van der Waals surface area (Å²) in [6, 6.07) is 39.9. The molecule has 0 aliphatic rings. The standard InChI is InChI=1S/C30H21N3/c1-3-10-21(11-4-1)23-14-7-15-24(22-12-5-2-6-13-22)29(23)27-18-9-17-26(33-27)25-16-8-19-28-30(25)32-20-31-28/h1-20H,(H,31,32). The minimum atomic E-state index is 0.909. The van der Waals surface area contributed by atoms with Crippen molar-refractivity contribution in [3.8, 4) is 44.8 Å². The molecule has 0 fully saturated rings. The number of para-hydroxylation sites is 1. The van der Waals surface area contributed by atoms with Gasteiger partial charge >= 0.3 is 0 Å². The lowest BCUT2D eigenvalue weighted by atomic mass is 9.89. The first-order valence-corrected chi connectivity index (χ1v) is 11.0. The second kappa shape index (κ2) is 8.21. The summed E-state index contributed by atoms with van der Waals surface area (Å²) in [6.45, 7) is 0. The molecule has 2 heterocycles. The lowest BCUT2D eigenvalue weighted by Crippen LogP contribution is -1.94. The van der Waals surface area contributed by atoms with Gasteiger partial charge in [-0.3, -0.25) is 0 Å². The van der Waals surface area contributed by atoms with E-state index in [1.165, 1.54) is 22.3 Å².